The molecule has 2 aromatic rings. The summed E-state index contributed by atoms with van der Waals surface area (Å²) in [7, 11) is 4.06. The Kier molecular flexibility index (Phi) is 7.09. The van der Waals surface area contributed by atoms with Crippen LogP contribution >= 0.6 is 0 Å². The van der Waals surface area contributed by atoms with Crippen LogP contribution in [0.4, 0.5) is 0 Å². The summed E-state index contributed by atoms with van der Waals surface area (Å²) < 4.78 is 5.91. The SMILES string of the molecule is CCC1=CC=CC(Cc2coc(-c3ccc(C#C[C@H]4[C@@H]5CC(C(=O)CCN(C)C)C[C@]45C)cc3)c2)C1. The van der Waals surface area contributed by atoms with E-state index in [-0.39, 0.29) is 11.3 Å². The van der Waals surface area contributed by atoms with Gasteiger partial charge in [0.2, 0.25) is 0 Å². The molecular formula is C33H39NO2. The third-order valence-electron chi connectivity index (χ3n) is 8.72. The Labute approximate surface area is 216 Å². The lowest BCUT2D eigenvalue weighted by Gasteiger charge is -2.16. The molecule has 36 heavy (non-hydrogen) atoms. The highest BCUT2D eigenvalue weighted by Gasteiger charge is 2.66. The quantitative estimate of drug-likeness (QED) is 0.383. The van der Waals surface area contributed by atoms with Crippen molar-refractivity contribution < 1.29 is 9.21 Å². The molecule has 1 aromatic carbocycles. The summed E-state index contributed by atoms with van der Waals surface area (Å²) in [6, 6.07) is 10.6. The van der Waals surface area contributed by atoms with E-state index in [1.807, 2.05) is 20.4 Å². The number of fused-ring (bicyclic) bond motifs is 1. The van der Waals surface area contributed by atoms with Crippen molar-refractivity contribution in [3.8, 4) is 23.2 Å². The first-order valence-electron chi connectivity index (χ1n) is 13.6. The minimum atomic E-state index is 0.233. The molecular weight excluding hydrogens is 442 g/mol. The van der Waals surface area contributed by atoms with Gasteiger partial charge >= 0.3 is 0 Å². The second-order valence-electron chi connectivity index (χ2n) is 11.6. The Morgan fingerprint density at radius 1 is 1.22 bits per heavy atom. The number of hydrogen-bond donors (Lipinski definition) is 0. The van der Waals surface area contributed by atoms with E-state index < -0.39 is 0 Å². The lowest BCUT2D eigenvalue weighted by molar-refractivity contribution is -0.123. The summed E-state index contributed by atoms with van der Waals surface area (Å²) in [5.74, 6) is 10.1. The molecule has 0 N–H and O–H groups in total. The zero-order valence-corrected chi connectivity index (χ0v) is 22.2. The first kappa shape index (κ1) is 24.8. The van der Waals surface area contributed by atoms with E-state index >= 15 is 0 Å². The second-order valence-corrected chi connectivity index (χ2v) is 11.6. The van der Waals surface area contributed by atoms with Crippen LogP contribution in [-0.2, 0) is 11.2 Å². The van der Waals surface area contributed by atoms with Crippen LogP contribution in [0.1, 0.15) is 57.1 Å². The molecule has 5 atom stereocenters. The highest BCUT2D eigenvalue weighted by atomic mass is 16.3. The van der Waals surface area contributed by atoms with Crippen LogP contribution in [0, 0.1) is 40.9 Å². The van der Waals surface area contributed by atoms with Crippen molar-refractivity contribution in [2.24, 2.45) is 29.1 Å². The van der Waals surface area contributed by atoms with Crippen LogP contribution in [-0.4, -0.2) is 31.3 Å². The fourth-order valence-electron chi connectivity index (χ4n) is 6.35. The summed E-state index contributed by atoms with van der Waals surface area (Å²) in [6.07, 6.45) is 14.7. The number of carbonyl (C=O) groups is 1. The molecule has 3 aliphatic rings. The molecule has 188 valence electrons. The third-order valence-corrected chi connectivity index (χ3v) is 8.72. The average Bonchev–Trinajstić information content (AvgIpc) is 3.19. The van der Waals surface area contributed by atoms with Gasteiger partial charge in [0.1, 0.15) is 11.5 Å². The fourth-order valence-corrected chi connectivity index (χ4v) is 6.35. The van der Waals surface area contributed by atoms with Crippen LogP contribution in [0.25, 0.3) is 11.3 Å². The van der Waals surface area contributed by atoms with Crippen molar-refractivity contribution in [1.29, 1.82) is 0 Å². The van der Waals surface area contributed by atoms with Crippen molar-refractivity contribution in [3.05, 3.63) is 71.5 Å². The molecule has 3 heteroatoms. The van der Waals surface area contributed by atoms with E-state index in [2.05, 4.69) is 79.1 Å². The van der Waals surface area contributed by atoms with E-state index in [9.17, 15) is 4.79 Å². The molecule has 0 saturated heterocycles. The van der Waals surface area contributed by atoms with Gasteiger partial charge in [0.15, 0.2) is 0 Å². The average molecular weight is 482 g/mol. The van der Waals surface area contributed by atoms with Crippen molar-refractivity contribution in [1.82, 2.24) is 4.90 Å². The standard InChI is InChI=1S/C33H39NO2/c1-5-23-7-6-8-25(17-23)18-26-19-32(36-22-26)27-12-9-24(10-13-27)11-14-29-30-20-28(21-33(29,30)2)31(35)15-16-34(3)4/h6-10,12-13,19,22,25,28-30H,5,15-18,20-21H2,1-4H3/t25?,28?,29-,30-,33+/m0/s1. The largest absolute Gasteiger partial charge is 0.464 e. The Hall–Kier alpha value is -2.83. The van der Waals surface area contributed by atoms with Crippen LogP contribution in [0.15, 0.2) is 64.8 Å². The zero-order valence-electron chi connectivity index (χ0n) is 22.2. The number of nitrogens with zero attached hydrogens (tertiary/aromatic N) is 1. The van der Waals surface area contributed by atoms with Gasteiger partial charge in [-0.05, 0) is 87.2 Å². The zero-order chi connectivity index (χ0) is 25.3. The van der Waals surface area contributed by atoms with E-state index in [0.29, 0.717) is 30.0 Å². The Morgan fingerprint density at radius 3 is 2.72 bits per heavy atom. The topological polar surface area (TPSA) is 33.5 Å². The summed E-state index contributed by atoms with van der Waals surface area (Å²) in [5, 5.41) is 0. The van der Waals surface area contributed by atoms with Gasteiger partial charge in [0.25, 0.3) is 0 Å². The predicted molar refractivity (Wildman–Crippen MR) is 146 cm³/mol. The molecule has 1 heterocycles. The number of rotatable bonds is 8. The molecule has 3 nitrogen and oxygen atoms in total. The van der Waals surface area contributed by atoms with Crippen LogP contribution in [0.5, 0.6) is 0 Å². The molecule has 1 aromatic heterocycles. The Balaban J connectivity index is 1.15. The number of Topliss-reactive ketones (excluding diaryl/α,β-unsaturated/α-hetero) is 1. The van der Waals surface area contributed by atoms with Gasteiger partial charge in [-0.1, -0.05) is 61.6 Å². The molecule has 0 amide bonds. The Morgan fingerprint density at radius 2 is 2.03 bits per heavy atom. The maximum Gasteiger partial charge on any atom is 0.137 e. The van der Waals surface area contributed by atoms with Crippen LogP contribution in [0.2, 0.25) is 0 Å². The molecule has 0 radical (unpaired) electrons. The minimum absolute atomic E-state index is 0.233. The monoisotopic (exact) mass is 481 g/mol. The van der Waals surface area contributed by atoms with Gasteiger partial charge in [-0.25, -0.2) is 0 Å². The van der Waals surface area contributed by atoms with Crippen LogP contribution in [0.3, 0.4) is 0 Å². The first-order valence-corrected chi connectivity index (χ1v) is 13.6. The smallest absolute Gasteiger partial charge is 0.137 e. The van der Waals surface area contributed by atoms with E-state index in [1.54, 1.807) is 0 Å². The van der Waals surface area contributed by atoms with E-state index in [4.69, 9.17) is 4.42 Å². The number of ketones is 1. The predicted octanol–water partition coefficient (Wildman–Crippen LogP) is 6.94. The van der Waals surface area contributed by atoms with Gasteiger partial charge in [-0.15, -0.1) is 0 Å². The lowest BCUT2D eigenvalue weighted by Crippen LogP contribution is -2.22. The number of hydrogen-bond acceptors (Lipinski definition) is 3. The van der Waals surface area contributed by atoms with Crippen LogP contribution < -0.4 is 0 Å². The first-order chi connectivity index (χ1) is 17.4. The molecule has 0 aliphatic heterocycles. The summed E-state index contributed by atoms with van der Waals surface area (Å²) in [6.45, 7) is 5.41. The lowest BCUT2D eigenvalue weighted by atomic mass is 9.88. The van der Waals surface area contributed by atoms with Gasteiger partial charge in [-0.3, -0.25) is 4.79 Å². The molecule has 2 saturated carbocycles. The van der Waals surface area contributed by atoms with Gasteiger partial charge < -0.3 is 9.32 Å². The molecule has 2 unspecified atom stereocenters. The van der Waals surface area contributed by atoms with Crippen molar-refractivity contribution >= 4 is 5.78 Å². The molecule has 0 bridgehead atoms. The van der Waals surface area contributed by atoms with Crippen molar-refractivity contribution in [2.45, 2.75) is 52.4 Å². The highest BCUT2D eigenvalue weighted by Crippen LogP contribution is 2.69. The van der Waals surface area contributed by atoms with Gasteiger partial charge in [0, 0.05) is 35.9 Å². The third kappa shape index (κ3) is 5.30. The van der Waals surface area contributed by atoms with E-state index in [0.717, 1.165) is 55.5 Å². The summed E-state index contributed by atoms with van der Waals surface area (Å²) >= 11 is 0. The van der Waals surface area contributed by atoms with E-state index in [1.165, 1.54) is 11.1 Å². The van der Waals surface area contributed by atoms with Crippen molar-refractivity contribution in [2.75, 3.05) is 20.6 Å². The van der Waals surface area contributed by atoms with Crippen molar-refractivity contribution in [3.63, 3.8) is 0 Å². The number of benzene rings is 1. The molecule has 5 rings (SSSR count). The molecule has 2 fully saturated rings. The van der Waals surface area contributed by atoms with Gasteiger partial charge in [-0.2, -0.15) is 0 Å². The summed E-state index contributed by atoms with van der Waals surface area (Å²) in [5.41, 5.74) is 5.16. The minimum Gasteiger partial charge on any atom is -0.464 e. The second kappa shape index (κ2) is 10.3. The Bertz CT molecular complexity index is 1220. The normalized spacial score (nSPS) is 28.4. The number of carbonyl (C=O) groups excluding carboxylic acids is 1. The maximum atomic E-state index is 12.5. The molecule has 0 spiro atoms. The molecule has 3 aliphatic carbocycles. The number of allylic oxidation sites excluding steroid dienone is 4. The highest BCUT2D eigenvalue weighted by molar-refractivity contribution is 5.82. The summed E-state index contributed by atoms with van der Waals surface area (Å²) in [4.78, 5) is 14.6. The maximum absolute atomic E-state index is 12.5. The number of furan rings is 1. The van der Waals surface area contributed by atoms with Gasteiger partial charge in [0.05, 0.1) is 6.26 Å². The fraction of sp³-hybridized carbons (Fsp3) is 0.485.